The van der Waals surface area contributed by atoms with Gasteiger partial charge in [0.15, 0.2) is 0 Å². The number of nitrogens with zero attached hydrogens (tertiary/aromatic N) is 2. The molecule has 26 heavy (non-hydrogen) atoms. The predicted molar refractivity (Wildman–Crippen MR) is 90.3 cm³/mol. The summed E-state index contributed by atoms with van der Waals surface area (Å²) in [6.45, 7) is 0.595. The molecule has 2 aliphatic heterocycles. The molecular weight excluding hydrogens is 362 g/mol. The zero-order chi connectivity index (χ0) is 18.8. The van der Waals surface area contributed by atoms with Crippen molar-refractivity contribution in [1.29, 1.82) is 0 Å². The molecule has 2 heterocycles. The molecule has 1 saturated heterocycles. The molecule has 0 aromatic heterocycles. The normalized spacial score (nSPS) is 19.3. The van der Waals surface area contributed by atoms with Crippen molar-refractivity contribution in [1.82, 2.24) is 9.80 Å². The third kappa shape index (κ3) is 3.65. The highest BCUT2D eigenvalue weighted by atomic mass is 35.5. The molecule has 9 heteroatoms. The fourth-order valence-corrected chi connectivity index (χ4v) is 3.37. The Hall–Kier alpha value is -2.61. The third-order valence-electron chi connectivity index (χ3n) is 4.54. The Morgan fingerprint density at radius 3 is 2.73 bits per heavy atom. The number of carbonyl (C=O) groups excluding carboxylic acids is 4. The molecule has 0 aliphatic carbocycles. The van der Waals surface area contributed by atoms with E-state index in [-0.39, 0.29) is 50.1 Å². The minimum atomic E-state index is -1.20. The minimum Gasteiger partial charge on any atom is -0.550 e. The van der Waals surface area contributed by atoms with E-state index in [1.165, 1.54) is 15.9 Å². The molecule has 0 bridgehead atoms. The van der Waals surface area contributed by atoms with Gasteiger partial charge in [0.05, 0.1) is 17.8 Å². The van der Waals surface area contributed by atoms with Crippen LogP contribution in [0.2, 0.25) is 5.02 Å². The Bertz CT molecular complexity index is 782. The van der Waals surface area contributed by atoms with E-state index in [9.17, 15) is 24.3 Å². The molecule has 3 amide bonds. The third-order valence-corrected chi connectivity index (χ3v) is 4.77. The van der Waals surface area contributed by atoms with E-state index < -0.39 is 12.0 Å². The van der Waals surface area contributed by atoms with E-state index in [2.05, 4.69) is 5.32 Å². The Balaban J connectivity index is 1.73. The fourth-order valence-electron chi connectivity index (χ4n) is 3.20. The number of benzene rings is 1. The SMILES string of the molecule is O=C([O-])CCCC(=O)N1CCN2C(=O)c3ccc(Cl)cc3NC(=O)[C@@H]2C1. The maximum Gasteiger partial charge on any atom is 0.256 e. The second-order valence-electron chi connectivity index (χ2n) is 6.26. The van der Waals surface area contributed by atoms with Gasteiger partial charge in [0.1, 0.15) is 6.04 Å². The Kier molecular flexibility index (Phi) is 5.13. The second-order valence-corrected chi connectivity index (χ2v) is 6.70. The van der Waals surface area contributed by atoms with Crippen LogP contribution >= 0.6 is 11.6 Å². The van der Waals surface area contributed by atoms with Crippen LogP contribution in [0.15, 0.2) is 18.2 Å². The first-order chi connectivity index (χ1) is 12.4. The highest BCUT2D eigenvalue weighted by Gasteiger charge is 2.40. The van der Waals surface area contributed by atoms with Gasteiger partial charge in [0.2, 0.25) is 11.8 Å². The quantitative estimate of drug-likeness (QED) is 0.784. The van der Waals surface area contributed by atoms with Crippen LogP contribution in [0.1, 0.15) is 29.6 Å². The van der Waals surface area contributed by atoms with Gasteiger partial charge in [0.25, 0.3) is 5.91 Å². The molecule has 1 aromatic carbocycles. The van der Waals surface area contributed by atoms with E-state index in [1.54, 1.807) is 12.1 Å². The second kappa shape index (κ2) is 7.33. The summed E-state index contributed by atoms with van der Waals surface area (Å²) in [6, 6.07) is 3.88. The van der Waals surface area contributed by atoms with Crippen LogP contribution in [0.4, 0.5) is 5.69 Å². The largest absolute Gasteiger partial charge is 0.550 e. The molecule has 8 nitrogen and oxygen atoms in total. The van der Waals surface area contributed by atoms with Crippen molar-refractivity contribution in [3.05, 3.63) is 28.8 Å². The zero-order valence-electron chi connectivity index (χ0n) is 13.9. The maximum absolute atomic E-state index is 12.8. The van der Waals surface area contributed by atoms with E-state index in [1.807, 2.05) is 0 Å². The zero-order valence-corrected chi connectivity index (χ0v) is 14.6. The van der Waals surface area contributed by atoms with Crippen molar-refractivity contribution < 1.29 is 24.3 Å². The number of aliphatic carboxylic acids is 1. The van der Waals surface area contributed by atoms with Crippen LogP contribution < -0.4 is 10.4 Å². The fraction of sp³-hybridized carbons (Fsp3) is 0.412. The molecule has 138 valence electrons. The number of fused-ring (bicyclic) bond motifs is 2. The van der Waals surface area contributed by atoms with Crippen molar-refractivity contribution in [2.24, 2.45) is 0 Å². The first kappa shape index (κ1) is 18.2. The molecule has 1 N–H and O–H groups in total. The van der Waals surface area contributed by atoms with Crippen LogP contribution in [0, 0.1) is 0 Å². The minimum absolute atomic E-state index is 0.0616. The number of rotatable bonds is 4. The average Bonchev–Trinajstić information content (AvgIpc) is 2.69. The van der Waals surface area contributed by atoms with E-state index >= 15 is 0 Å². The van der Waals surface area contributed by atoms with Gasteiger partial charge in [0, 0.05) is 30.5 Å². The summed E-state index contributed by atoms with van der Waals surface area (Å²) in [7, 11) is 0. The summed E-state index contributed by atoms with van der Waals surface area (Å²) in [5.74, 6) is -2.11. The molecule has 0 radical (unpaired) electrons. The smallest absolute Gasteiger partial charge is 0.256 e. The summed E-state index contributed by atoms with van der Waals surface area (Å²) in [5.41, 5.74) is 0.715. The molecule has 2 aliphatic rings. The molecule has 1 fully saturated rings. The van der Waals surface area contributed by atoms with Gasteiger partial charge in [-0.15, -0.1) is 0 Å². The van der Waals surface area contributed by atoms with Crippen LogP contribution in [0.25, 0.3) is 0 Å². The van der Waals surface area contributed by atoms with Crippen LogP contribution in [-0.2, 0) is 14.4 Å². The standard InChI is InChI=1S/C17H18ClN3O5/c18-10-4-5-11-12(8-10)19-16(25)13-9-20(6-7-21(13)17(11)26)14(22)2-1-3-15(23)24/h4-5,8,13H,1-3,6-7,9H2,(H,19,25)(H,23,24)/p-1/t13-/m0/s1. The Morgan fingerprint density at radius 1 is 1.23 bits per heavy atom. The van der Waals surface area contributed by atoms with Gasteiger partial charge in [-0.25, -0.2) is 0 Å². The number of carbonyl (C=O) groups is 4. The van der Waals surface area contributed by atoms with Gasteiger partial charge in [-0.05, 0) is 31.0 Å². The van der Waals surface area contributed by atoms with Crippen molar-refractivity contribution >= 4 is 41.0 Å². The molecule has 1 atom stereocenters. The number of halogens is 1. The van der Waals surface area contributed by atoms with E-state index in [0.717, 1.165) is 0 Å². The molecule has 0 unspecified atom stereocenters. The Morgan fingerprint density at radius 2 is 2.00 bits per heavy atom. The lowest BCUT2D eigenvalue weighted by atomic mass is 10.1. The van der Waals surface area contributed by atoms with Crippen molar-refractivity contribution in [3.63, 3.8) is 0 Å². The lowest BCUT2D eigenvalue weighted by molar-refractivity contribution is -0.305. The number of hydrogen-bond acceptors (Lipinski definition) is 5. The van der Waals surface area contributed by atoms with Crippen LogP contribution in [0.5, 0.6) is 0 Å². The highest BCUT2D eigenvalue weighted by molar-refractivity contribution is 6.31. The molecule has 0 spiro atoms. The lowest BCUT2D eigenvalue weighted by Gasteiger charge is -2.39. The van der Waals surface area contributed by atoms with E-state index in [4.69, 9.17) is 11.6 Å². The Labute approximate surface area is 154 Å². The van der Waals surface area contributed by atoms with Gasteiger partial charge in [-0.1, -0.05) is 11.6 Å². The van der Waals surface area contributed by atoms with Crippen molar-refractivity contribution in [2.45, 2.75) is 25.3 Å². The predicted octanol–water partition coefficient (Wildman–Crippen LogP) is -0.135. The topological polar surface area (TPSA) is 110 Å². The van der Waals surface area contributed by atoms with Gasteiger partial charge in [-0.2, -0.15) is 0 Å². The van der Waals surface area contributed by atoms with Crippen molar-refractivity contribution in [3.8, 4) is 0 Å². The first-order valence-electron chi connectivity index (χ1n) is 8.26. The van der Waals surface area contributed by atoms with Gasteiger partial charge in [-0.3, -0.25) is 14.4 Å². The summed E-state index contributed by atoms with van der Waals surface area (Å²) in [5, 5.41) is 13.6. The maximum atomic E-state index is 12.8. The first-order valence-corrected chi connectivity index (χ1v) is 8.63. The number of carboxylic acid groups (broad SMARTS) is 1. The summed E-state index contributed by atoms with van der Waals surface area (Å²) >= 11 is 5.94. The number of amides is 3. The van der Waals surface area contributed by atoms with E-state index in [0.29, 0.717) is 22.8 Å². The molecule has 0 saturated carbocycles. The number of hydrogen-bond donors (Lipinski definition) is 1. The van der Waals surface area contributed by atoms with Crippen LogP contribution in [0.3, 0.4) is 0 Å². The van der Waals surface area contributed by atoms with Crippen molar-refractivity contribution in [2.75, 3.05) is 25.0 Å². The summed E-state index contributed by atoms with van der Waals surface area (Å²) in [4.78, 5) is 51.0. The average molecular weight is 379 g/mol. The summed E-state index contributed by atoms with van der Waals surface area (Å²) in [6.07, 6.45) is 0.0530. The molecular formula is C17H17ClN3O5-. The number of anilines is 1. The number of piperazine rings is 1. The van der Waals surface area contributed by atoms with Gasteiger partial charge >= 0.3 is 0 Å². The molecule has 3 rings (SSSR count). The van der Waals surface area contributed by atoms with Gasteiger partial charge < -0.3 is 25.0 Å². The number of carboxylic acids is 1. The monoisotopic (exact) mass is 378 g/mol. The molecule has 1 aromatic rings. The summed E-state index contributed by atoms with van der Waals surface area (Å²) < 4.78 is 0. The lowest BCUT2D eigenvalue weighted by Crippen LogP contribution is -2.59. The highest BCUT2D eigenvalue weighted by Crippen LogP contribution is 2.28. The number of nitrogens with one attached hydrogen (secondary N) is 1. The van der Waals surface area contributed by atoms with Crippen LogP contribution in [-0.4, -0.2) is 59.2 Å².